The van der Waals surface area contributed by atoms with Crippen LogP contribution >= 0.6 is 0 Å². The minimum Gasteiger partial charge on any atom is -0.349 e. The predicted octanol–water partition coefficient (Wildman–Crippen LogP) is 2.68. The Labute approximate surface area is 82.3 Å². The number of carbonyl (C=O) groups is 1. The molecule has 78 valence electrons. The molecular weight excluding hydrogens is 162 g/mol. The molecule has 0 aromatic carbocycles. The van der Waals surface area contributed by atoms with Crippen LogP contribution in [-0.4, -0.2) is 24.9 Å². The van der Waals surface area contributed by atoms with Crippen LogP contribution < -0.4 is 0 Å². The van der Waals surface area contributed by atoms with E-state index < -0.39 is 0 Å². The minimum absolute atomic E-state index is 0.267. The summed E-state index contributed by atoms with van der Waals surface area (Å²) < 4.78 is 0. The van der Waals surface area contributed by atoms with E-state index in [4.69, 9.17) is 0 Å². The predicted molar refractivity (Wildman–Crippen MR) is 56.6 cm³/mol. The third-order valence-electron chi connectivity index (χ3n) is 2.51. The fourth-order valence-corrected chi connectivity index (χ4v) is 1.37. The average molecular weight is 185 g/mol. The van der Waals surface area contributed by atoms with Crippen molar-refractivity contribution in [1.29, 1.82) is 0 Å². The molecule has 0 saturated carbocycles. The van der Waals surface area contributed by atoms with Crippen molar-refractivity contribution >= 4 is 5.91 Å². The summed E-state index contributed by atoms with van der Waals surface area (Å²) in [7, 11) is 3.66. The molecule has 0 aliphatic rings. The van der Waals surface area contributed by atoms with E-state index in [9.17, 15) is 4.79 Å². The van der Waals surface area contributed by atoms with Crippen LogP contribution in [0.2, 0.25) is 0 Å². The molecule has 0 heterocycles. The Morgan fingerprint density at radius 1 is 1.31 bits per heavy atom. The average Bonchev–Trinajstić information content (AvgIpc) is 2.11. The number of hydrogen-bond donors (Lipinski definition) is 0. The standard InChI is InChI=1S/C11H23NO/c1-5-7-8-10(6-2)9-11(13)12(3)4/h10H,5-9H2,1-4H3. The first-order valence-electron chi connectivity index (χ1n) is 5.31. The quantitative estimate of drug-likeness (QED) is 0.623. The van der Waals surface area contributed by atoms with E-state index in [2.05, 4.69) is 13.8 Å². The Kier molecular flexibility index (Phi) is 6.65. The van der Waals surface area contributed by atoms with Crippen LogP contribution in [0, 0.1) is 5.92 Å². The minimum atomic E-state index is 0.267. The van der Waals surface area contributed by atoms with Crippen molar-refractivity contribution in [2.75, 3.05) is 14.1 Å². The van der Waals surface area contributed by atoms with Gasteiger partial charge >= 0.3 is 0 Å². The molecule has 0 radical (unpaired) electrons. The first kappa shape index (κ1) is 12.5. The fraction of sp³-hybridized carbons (Fsp3) is 0.909. The third-order valence-corrected chi connectivity index (χ3v) is 2.51. The summed E-state index contributed by atoms with van der Waals surface area (Å²) in [6, 6.07) is 0. The molecule has 13 heavy (non-hydrogen) atoms. The normalized spacial score (nSPS) is 12.6. The van der Waals surface area contributed by atoms with Crippen molar-refractivity contribution in [3.63, 3.8) is 0 Å². The largest absolute Gasteiger partial charge is 0.349 e. The van der Waals surface area contributed by atoms with Gasteiger partial charge in [-0.25, -0.2) is 0 Å². The summed E-state index contributed by atoms with van der Waals surface area (Å²) >= 11 is 0. The van der Waals surface area contributed by atoms with Gasteiger partial charge in [-0.15, -0.1) is 0 Å². The zero-order chi connectivity index (χ0) is 10.3. The number of amides is 1. The van der Waals surface area contributed by atoms with Crippen LogP contribution in [-0.2, 0) is 4.79 Å². The molecule has 0 bridgehead atoms. The highest BCUT2D eigenvalue weighted by Gasteiger charge is 2.12. The van der Waals surface area contributed by atoms with E-state index >= 15 is 0 Å². The third kappa shape index (κ3) is 5.67. The lowest BCUT2D eigenvalue weighted by Gasteiger charge is -2.16. The number of hydrogen-bond acceptors (Lipinski definition) is 1. The van der Waals surface area contributed by atoms with Gasteiger partial charge in [0.25, 0.3) is 0 Å². The summed E-state index contributed by atoms with van der Waals surface area (Å²) in [5.74, 6) is 0.859. The summed E-state index contributed by atoms with van der Waals surface area (Å²) in [4.78, 5) is 13.1. The van der Waals surface area contributed by atoms with E-state index in [1.165, 1.54) is 19.3 Å². The second kappa shape index (κ2) is 6.93. The van der Waals surface area contributed by atoms with Gasteiger partial charge in [0.2, 0.25) is 5.91 Å². The first-order chi connectivity index (χ1) is 6.11. The molecule has 0 aromatic heterocycles. The van der Waals surface area contributed by atoms with Crippen molar-refractivity contribution in [3.05, 3.63) is 0 Å². The highest BCUT2D eigenvalue weighted by Crippen LogP contribution is 2.17. The summed E-state index contributed by atoms with van der Waals surface area (Å²) in [6.45, 7) is 4.36. The Morgan fingerprint density at radius 2 is 1.92 bits per heavy atom. The Morgan fingerprint density at radius 3 is 2.31 bits per heavy atom. The zero-order valence-corrected chi connectivity index (χ0v) is 9.47. The number of unbranched alkanes of at least 4 members (excludes halogenated alkanes) is 1. The molecule has 0 saturated heterocycles. The number of carbonyl (C=O) groups excluding carboxylic acids is 1. The summed E-state index contributed by atoms with van der Waals surface area (Å²) in [5.41, 5.74) is 0. The van der Waals surface area contributed by atoms with Crippen molar-refractivity contribution in [2.24, 2.45) is 5.92 Å². The van der Waals surface area contributed by atoms with Gasteiger partial charge in [-0.05, 0) is 12.3 Å². The highest BCUT2D eigenvalue weighted by molar-refractivity contribution is 5.75. The Bertz CT molecular complexity index is 143. The Hall–Kier alpha value is -0.530. The van der Waals surface area contributed by atoms with Crippen LogP contribution in [0.5, 0.6) is 0 Å². The smallest absolute Gasteiger partial charge is 0.222 e. The van der Waals surface area contributed by atoms with Gasteiger partial charge < -0.3 is 4.90 Å². The van der Waals surface area contributed by atoms with Crippen LogP contribution in [0.4, 0.5) is 0 Å². The lowest BCUT2D eigenvalue weighted by molar-refractivity contribution is -0.129. The molecule has 0 aliphatic heterocycles. The fourth-order valence-electron chi connectivity index (χ4n) is 1.37. The van der Waals surface area contributed by atoms with Crippen molar-refractivity contribution in [3.8, 4) is 0 Å². The second-order valence-corrected chi connectivity index (χ2v) is 3.91. The lowest BCUT2D eigenvalue weighted by atomic mass is 9.95. The topological polar surface area (TPSA) is 20.3 Å². The van der Waals surface area contributed by atoms with Crippen LogP contribution in [0.1, 0.15) is 46.0 Å². The molecule has 0 aromatic rings. The number of rotatable bonds is 6. The van der Waals surface area contributed by atoms with Crippen molar-refractivity contribution < 1.29 is 4.79 Å². The van der Waals surface area contributed by atoms with E-state index in [1.54, 1.807) is 4.90 Å². The Balaban J connectivity index is 3.76. The van der Waals surface area contributed by atoms with Crippen molar-refractivity contribution in [1.82, 2.24) is 4.90 Å². The zero-order valence-electron chi connectivity index (χ0n) is 9.47. The monoisotopic (exact) mass is 185 g/mol. The molecule has 2 heteroatoms. The van der Waals surface area contributed by atoms with Gasteiger partial charge in [-0.1, -0.05) is 33.1 Å². The molecule has 0 N–H and O–H groups in total. The molecule has 0 aliphatic carbocycles. The maximum atomic E-state index is 11.4. The molecule has 1 unspecified atom stereocenters. The molecular formula is C11H23NO. The molecule has 1 atom stereocenters. The van der Waals surface area contributed by atoms with Gasteiger partial charge in [0, 0.05) is 20.5 Å². The number of nitrogens with zero attached hydrogens (tertiary/aromatic N) is 1. The molecule has 0 spiro atoms. The van der Waals surface area contributed by atoms with Crippen LogP contribution in [0.15, 0.2) is 0 Å². The van der Waals surface area contributed by atoms with Crippen LogP contribution in [0.25, 0.3) is 0 Å². The van der Waals surface area contributed by atoms with Gasteiger partial charge in [0.05, 0.1) is 0 Å². The highest BCUT2D eigenvalue weighted by atomic mass is 16.2. The van der Waals surface area contributed by atoms with E-state index in [0.717, 1.165) is 12.8 Å². The summed E-state index contributed by atoms with van der Waals surface area (Å²) in [5, 5.41) is 0. The van der Waals surface area contributed by atoms with E-state index in [1.807, 2.05) is 14.1 Å². The molecule has 2 nitrogen and oxygen atoms in total. The van der Waals surface area contributed by atoms with Gasteiger partial charge in [0.1, 0.15) is 0 Å². The molecule has 0 rings (SSSR count). The molecule has 0 fully saturated rings. The second-order valence-electron chi connectivity index (χ2n) is 3.91. The molecule has 1 amide bonds. The van der Waals surface area contributed by atoms with E-state index in [-0.39, 0.29) is 5.91 Å². The van der Waals surface area contributed by atoms with Gasteiger partial charge in [-0.3, -0.25) is 4.79 Å². The lowest BCUT2D eigenvalue weighted by Crippen LogP contribution is -2.24. The maximum absolute atomic E-state index is 11.4. The first-order valence-corrected chi connectivity index (χ1v) is 5.31. The van der Waals surface area contributed by atoms with Gasteiger partial charge in [-0.2, -0.15) is 0 Å². The SMILES string of the molecule is CCCCC(CC)CC(=O)N(C)C. The van der Waals surface area contributed by atoms with Crippen molar-refractivity contribution in [2.45, 2.75) is 46.0 Å². The maximum Gasteiger partial charge on any atom is 0.222 e. The van der Waals surface area contributed by atoms with E-state index in [0.29, 0.717) is 5.92 Å². The summed E-state index contributed by atoms with van der Waals surface area (Å²) in [6.07, 6.45) is 5.53. The van der Waals surface area contributed by atoms with Gasteiger partial charge in [0.15, 0.2) is 0 Å². The van der Waals surface area contributed by atoms with Crippen LogP contribution in [0.3, 0.4) is 0 Å².